The molecule has 0 aromatic rings. The molecule has 0 bridgehead atoms. The van der Waals surface area contributed by atoms with Gasteiger partial charge in [-0.25, -0.2) is 0 Å². The van der Waals surface area contributed by atoms with Gasteiger partial charge in [0.2, 0.25) is 5.91 Å². The van der Waals surface area contributed by atoms with Crippen LogP contribution in [-0.4, -0.2) is 47.7 Å². The summed E-state index contributed by atoms with van der Waals surface area (Å²) < 4.78 is 5.12. The number of hydrogen-bond donors (Lipinski definition) is 1. The molecule has 0 atom stereocenters. The summed E-state index contributed by atoms with van der Waals surface area (Å²) in [6.07, 6.45) is 1.64. The number of aliphatic carboxylic acids is 1. The van der Waals surface area contributed by atoms with E-state index in [1.54, 1.807) is 13.8 Å². The molecule has 0 aliphatic heterocycles. The van der Waals surface area contributed by atoms with Crippen LogP contribution in [0.25, 0.3) is 0 Å². The van der Waals surface area contributed by atoms with Crippen LogP contribution in [0.4, 0.5) is 0 Å². The van der Waals surface area contributed by atoms with Gasteiger partial charge >= 0.3 is 5.97 Å². The quantitative estimate of drug-likeness (QED) is 0.659. The zero-order valence-electron chi connectivity index (χ0n) is 10.0. The third kappa shape index (κ3) is 5.50. The van der Waals surface area contributed by atoms with Crippen LogP contribution in [0.1, 0.15) is 20.3 Å². The number of hydrogen-bond acceptors (Lipinski definition) is 3. The molecular weight excluding hydrogens is 210 g/mol. The fourth-order valence-corrected chi connectivity index (χ4v) is 1.12. The van der Waals surface area contributed by atoms with Crippen molar-refractivity contribution in [1.29, 1.82) is 0 Å². The molecule has 0 heterocycles. The predicted molar refractivity (Wildman–Crippen MR) is 60.1 cm³/mol. The smallest absolute Gasteiger partial charge is 0.323 e. The number of amides is 1. The van der Waals surface area contributed by atoms with Gasteiger partial charge in [-0.2, -0.15) is 0 Å². The Balaban J connectivity index is 4.49. The number of methoxy groups -OCH3 is 1. The first-order valence-electron chi connectivity index (χ1n) is 4.98. The standard InChI is InChI=1S/C11H19NO4/c1-5-6-12(8-10(14)15)9(13)7-11(2,3)16-4/h5H,1,6-8H2,2-4H3,(H,14,15). The second-order valence-electron chi connectivity index (χ2n) is 4.10. The van der Waals surface area contributed by atoms with Crippen molar-refractivity contribution in [3.8, 4) is 0 Å². The van der Waals surface area contributed by atoms with Crippen LogP contribution in [-0.2, 0) is 14.3 Å². The van der Waals surface area contributed by atoms with Gasteiger partial charge in [0, 0.05) is 13.7 Å². The fraction of sp³-hybridized carbons (Fsp3) is 0.636. The number of carbonyl (C=O) groups is 2. The third-order valence-electron chi connectivity index (χ3n) is 2.16. The molecule has 0 radical (unpaired) electrons. The van der Waals surface area contributed by atoms with Gasteiger partial charge in [-0.15, -0.1) is 6.58 Å². The van der Waals surface area contributed by atoms with Crippen LogP contribution in [0, 0.1) is 0 Å². The average Bonchev–Trinajstić information content (AvgIpc) is 2.16. The number of carboxylic acid groups (broad SMARTS) is 1. The molecule has 0 saturated carbocycles. The lowest BCUT2D eigenvalue weighted by atomic mass is 10.0. The molecule has 0 spiro atoms. The first kappa shape index (κ1) is 14.6. The van der Waals surface area contributed by atoms with Crippen LogP contribution in [0.15, 0.2) is 12.7 Å². The largest absolute Gasteiger partial charge is 0.480 e. The fourth-order valence-electron chi connectivity index (χ4n) is 1.12. The summed E-state index contributed by atoms with van der Waals surface area (Å²) in [6.45, 7) is 6.95. The van der Waals surface area contributed by atoms with E-state index in [0.29, 0.717) is 0 Å². The van der Waals surface area contributed by atoms with E-state index in [1.165, 1.54) is 18.1 Å². The molecule has 0 rings (SSSR count). The molecule has 92 valence electrons. The maximum atomic E-state index is 11.8. The highest BCUT2D eigenvalue weighted by atomic mass is 16.5. The van der Waals surface area contributed by atoms with Crippen molar-refractivity contribution in [2.45, 2.75) is 25.9 Å². The predicted octanol–water partition coefficient (Wildman–Crippen LogP) is 0.901. The highest BCUT2D eigenvalue weighted by Crippen LogP contribution is 2.14. The zero-order valence-corrected chi connectivity index (χ0v) is 10.0. The van der Waals surface area contributed by atoms with E-state index in [1.807, 2.05) is 0 Å². The molecule has 0 aromatic carbocycles. The molecule has 1 N–H and O–H groups in total. The van der Waals surface area contributed by atoms with Gasteiger partial charge < -0.3 is 14.7 Å². The lowest BCUT2D eigenvalue weighted by Crippen LogP contribution is -2.40. The second kappa shape index (κ2) is 6.27. The Bertz CT molecular complexity index is 273. The highest BCUT2D eigenvalue weighted by Gasteiger charge is 2.25. The minimum Gasteiger partial charge on any atom is -0.480 e. The van der Waals surface area contributed by atoms with Gasteiger partial charge in [0.05, 0.1) is 12.0 Å². The Morgan fingerprint density at radius 1 is 1.50 bits per heavy atom. The Hall–Kier alpha value is -1.36. The Morgan fingerprint density at radius 2 is 2.06 bits per heavy atom. The molecule has 16 heavy (non-hydrogen) atoms. The van der Waals surface area contributed by atoms with Crippen molar-refractivity contribution in [2.75, 3.05) is 20.2 Å². The van der Waals surface area contributed by atoms with Crippen molar-refractivity contribution in [3.63, 3.8) is 0 Å². The van der Waals surface area contributed by atoms with Gasteiger partial charge in [-0.1, -0.05) is 6.08 Å². The van der Waals surface area contributed by atoms with Crippen molar-refractivity contribution in [2.24, 2.45) is 0 Å². The molecule has 1 amide bonds. The summed E-state index contributed by atoms with van der Waals surface area (Å²) >= 11 is 0. The Kier molecular flexibility index (Phi) is 5.74. The summed E-state index contributed by atoms with van der Waals surface area (Å²) in [5.74, 6) is -1.29. The van der Waals surface area contributed by atoms with Gasteiger partial charge in [0.1, 0.15) is 6.54 Å². The van der Waals surface area contributed by atoms with E-state index in [2.05, 4.69) is 6.58 Å². The molecule has 0 fully saturated rings. The van der Waals surface area contributed by atoms with E-state index >= 15 is 0 Å². The summed E-state index contributed by atoms with van der Waals surface area (Å²) in [7, 11) is 1.52. The zero-order chi connectivity index (χ0) is 12.8. The first-order valence-corrected chi connectivity index (χ1v) is 4.98. The van der Waals surface area contributed by atoms with Gasteiger partial charge in [0.15, 0.2) is 0 Å². The number of carbonyl (C=O) groups excluding carboxylic acids is 1. The minimum absolute atomic E-state index is 0.143. The summed E-state index contributed by atoms with van der Waals surface area (Å²) in [5, 5.41) is 8.66. The number of ether oxygens (including phenoxy) is 1. The summed E-state index contributed by atoms with van der Waals surface area (Å²) in [6, 6.07) is 0. The van der Waals surface area contributed by atoms with Crippen molar-refractivity contribution < 1.29 is 19.4 Å². The minimum atomic E-state index is -1.04. The summed E-state index contributed by atoms with van der Waals surface area (Å²) in [4.78, 5) is 23.6. The van der Waals surface area contributed by atoms with Crippen LogP contribution < -0.4 is 0 Å². The second-order valence-corrected chi connectivity index (χ2v) is 4.10. The highest BCUT2D eigenvalue weighted by molar-refractivity contribution is 5.82. The average molecular weight is 229 g/mol. The normalized spacial score (nSPS) is 10.9. The van der Waals surface area contributed by atoms with Crippen LogP contribution in [0.5, 0.6) is 0 Å². The van der Waals surface area contributed by atoms with E-state index in [0.717, 1.165) is 0 Å². The van der Waals surface area contributed by atoms with Gasteiger partial charge in [0.25, 0.3) is 0 Å². The molecule has 0 aromatic heterocycles. The number of nitrogens with zero attached hydrogens (tertiary/aromatic N) is 1. The van der Waals surface area contributed by atoms with Crippen LogP contribution in [0.3, 0.4) is 0 Å². The van der Waals surface area contributed by atoms with E-state index in [9.17, 15) is 9.59 Å². The molecule has 5 nitrogen and oxygen atoms in total. The molecule has 0 saturated heterocycles. The molecule has 5 heteroatoms. The topological polar surface area (TPSA) is 66.8 Å². The van der Waals surface area contributed by atoms with E-state index < -0.39 is 11.6 Å². The van der Waals surface area contributed by atoms with Crippen LogP contribution in [0.2, 0.25) is 0 Å². The maximum Gasteiger partial charge on any atom is 0.323 e. The van der Waals surface area contributed by atoms with Crippen molar-refractivity contribution in [1.82, 2.24) is 4.90 Å². The monoisotopic (exact) mass is 229 g/mol. The maximum absolute atomic E-state index is 11.8. The molecule has 0 aliphatic carbocycles. The van der Waals surface area contributed by atoms with Crippen LogP contribution >= 0.6 is 0 Å². The lowest BCUT2D eigenvalue weighted by Gasteiger charge is -2.26. The Morgan fingerprint density at radius 3 is 2.44 bits per heavy atom. The molecule has 0 unspecified atom stereocenters. The van der Waals surface area contributed by atoms with Gasteiger partial charge in [-0.05, 0) is 13.8 Å². The van der Waals surface area contributed by atoms with Crippen molar-refractivity contribution in [3.05, 3.63) is 12.7 Å². The third-order valence-corrected chi connectivity index (χ3v) is 2.16. The Labute approximate surface area is 95.7 Å². The summed E-state index contributed by atoms with van der Waals surface area (Å²) in [5.41, 5.74) is -0.588. The molecular formula is C11H19NO4. The number of carboxylic acids is 1. The number of rotatable bonds is 7. The van der Waals surface area contributed by atoms with Crippen molar-refractivity contribution >= 4 is 11.9 Å². The SMILES string of the molecule is C=CCN(CC(=O)O)C(=O)CC(C)(C)OC. The first-order chi connectivity index (χ1) is 7.32. The van der Waals surface area contributed by atoms with Gasteiger partial charge in [-0.3, -0.25) is 9.59 Å². The molecule has 0 aliphatic rings. The van der Waals surface area contributed by atoms with E-state index in [4.69, 9.17) is 9.84 Å². The lowest BCUT2D eigenvalue weighted by molar-refractivity contribution is -0.146. The van der Waals surface area contributed by atoms with E-state index in [-0.39, 0.29) is 25.4 Å².